The molecule has 1 N–H and O–H groups in total. The van der Waals surface area contributed by atoms with Gasteiger partial charge in [0.05, 0.1) is 12.6 Å². The number of nitriles is 1. The standard InChI is InChI=1S/C13H14N2O2/c1-9(7-14)13(16)15-8-11-6-10-4-2-3-5-12(10)17-11/h2-5,9,11H,6,8H2,1H3,(H,15,16). The molecule has 17 heavy (non-hydrogen) atoms. The first-order valence-corrected chi connectivity index (χ1v) is 5.62. The fourth-order valence-electron chi connectivity index (χ4n) is 1.79. The van der Waals surface area contributed by atoms with Crippen LogP contribution < -0.4 is 10.1 Å². The van der Waals surface area contributed by atoms with Crippen LogP contribution in [0.3, 0.4) is 0 Å². The number of fused-ring (bicyclic) bond motifs is 1. The summed E-state index contributed by atoms with van der Waals surface area (Å²) in [5, 5.41) is 11.3. The fraction of sp³-hybridized carbons (Fsp3) is 0.385. The number of ether oxygens (including phenoxy) is 1. The maximum absolute atomic E-state index is 11.4. The molecule has 0 aromatic heterocycles. The SMILES string of the molecule is CC(C#N)C(=O)NCC1Cc2ccccc2O1. The molecule has 1 aromatic carbocycles. The van der Waals surface area contributed by atoms with Crippen LogP contribution in [0.2, 0.25) is 0 Å². The zero-order chi connectivity index (χ0) is 12.3. The first-order valence-electron chi connectivity index (χ1n) is 5.62. The third-order valence-corrected chi connectivity index (χ3v) is 2.80. The zero-order valence-electron chi connectivity index (χ0n) is 9.64. The van der Waals surface area contributed by atoms with Gasteiger partial charge in [-0.2, -0.15) is 5.26 Å². The van der Waals surface area contributed by atoms with Crippen molar-refractivity contribution in [2.45, 2.75) is 19.4 Å². The minimum absolute atomic E-state index is 0.0257. The predicted molar refractivity (Wildman–Crippen MR) is 62.3 cm³/mol. The number of nitrogens with one attached hydrogen (secondary N) is 1. The van der Waals surface area contributed by atoms with Gasteiger partial charge in [-0.1, -0.05) is 18.2 Å². The van der Waals surface area contributed by atoms with Crippen molar-refractivity contribution in [2.75, 3.05) is 6.54 Å². The Bertz CT molecular complexity index is 440. The molecule has 1 aromatic rings. The van der Waals surface area contributed by atoms with Crippen molar-refractivity contribution < 1.29 is 9.53 Å². The summed E-state index contributed by atoms with van der Waals surface area (Å²) < 4.78 is 5.67. The summed E-state index contributed by atoms with van der Waals surface area (Å²) in [6.45, 7) is 2.03. The largest absolute Gasteiger partial charge is 0.488 e. The van der Waals surface area contributed by atoms with Crippen LogP contribution in [0.4, 0.5) is 0 Å². The van der Waals surface area contributed by atoms with Crippen molar-refractivity contribution in [2.24, 2.45) is 5.92 Å². The Morgan fingerprint density at radius 1 is 1.65 bits per heavy atom. The number of hydrogen-bond donors (Lipinski definition) is 1. The quantitative estimate of drug-likeness (QED) is 0.850. The van der Waals surface area contributed by atoms with Gasteiger partial charge in [0.1, 0.15) is 17.8 Å². The number of amides is 1. The lowest BCUT2D eigenvalue weighted by molar-refractivity contribution is -0.123. The number of carbonyl (C=O) groups is 1. The molecule has 2 unspecified atom stereocenters. The molecule has 0 bridgehead atoms. The zero-order valence-corrected chi connectivity index (χ0v) is 9.64. The molecular formula is C13H14N2O2. The summed E-state index contributed by atoms with van der Waals surface area (Å²) in [6.07, 6.45) is 0.777. The first kappa shape index (κ1) is 11.5. The molecule has 2 rings (SSSR count). The minimum atomic E-state index is -0.612. The molecular weight excluding hydrogens is 216 g/mol. The number of benzene rings is 1. The summed E-state index contributed by atoms with van der Waals surface area (Å²) in [7, 11) is 0. The fourth-order valence-corrected chi connectivity index (χ4v) is 1.79. The molecule has 0 saturated heterocycles. The molecule has 4 nitrogen and oxygen atoms in total. The van der Waals surface area contributed by atoms with Gasteiger partial charge in [0.2, 0.25) is 5.91 Å². The highest BCUT2D eigenvalue weighted by Crippen LogP contribution is 2.27. The highest BCUT2D eigenvalue weighted by molar-refractivity contribution is 5.80. The second-order valence-electron chi connectivity index (χ2n) is 4.15. The molecule has 1 aliphatic rings. The summed E-state index contributed by atoms with van der Waals surface area (Å²) >= 11 is 0. The second kappa shape index (κ2) is 4.88. The molecule has 0 spiro atoms. The van der Waals surface area contributed by atoms with Gasteiger partial charge in [0.25, 0.3) is 0 Å². The monoisotopic (exact) mass is 230 g/mol. The topological polar surface area (TPSA) is 62.1 Å². The van der Waals surface area contributed by atoms with Crippen LogP contribution in [0.1, 0.15) is 12.5 Å². The molecule has 1 amide bonds. The number of nitrogens with zero attached hydrogens (tertiary/aromatic N) is 1. The van der Waals surface area contributed by atoms with E-state index in [-0.39, 0.29) is 12.0 Å². The van der Waals surface area contributed by atoms with E-state index >= 15 is 0 Å². The Kier molecular flexibility index (Phi) is 3.29. The third kappa shape index (κ3) is 2.56. The molecule has 0 radical (unpaired) electrons. The Hall–Kier alpha value is -2.02. The Morgan fingerprint density at radius 2 is 2.41 bits per heavy atom. The van der Waals surface area contributed by atoms with Crippen molar-refractivity contribution in [1.82, 2.24) is 5.32 Å². The molecule has 0 fully saturated rings. The van der Waals surface area contributed by atoms with Crippen molar-refractivity contribution in [3.05, 3.63) is 29.8 Å². The Morgan fingerprint density at radius 3 is 3.12 bits per heavy atom. The van der Waals surface area contributed by atoms with Crippen LogP contribution >= 0.6 is 0 Å². The molecule has 88 valence electrons. The summed E-state index contributed by atoms with van der Waals surface area (Å²) in [5.74, 6) is 0.0333. The highest BCUT2D eigenvalue weighted by Gasteiger charge is 2.23. The van der Waals surface area contributed by atoms with E-state index in [0.29, 0.717) is 6.54 Å². The van der Waals surface area contributed by atoms with Crippen LogP contribution in [-0.4, -0.2) is 18.6 Å². The lowest BCUT2D eigenvalue weighted by Crippen LogP contribution is -2.36. The van der Waals surface area contributed by atoms with Crippen LogP contribution in [0, 0.1) is 17.2 Å². The predicted octanol–water partition coefficient (Wildman–Crippen LogP) is 1.27. The van der Waals surface area contributed by atoms with Crippen molar-refractivity contribution in [3.63, 3.8) is 0 Å². The first-order chi connectivity index (χ1) is 8.20. The van der Waals surface area contributed by atoms with Crippen LogP contribution in [0.25, 0.3) is 0 Å². The van der Waals surface area contributed by atoms with E-state index in [1.807, 2.05) is 30.3 Å². The van der Waals surface area contributed by atoms with Crippen molar-refractivity contribution in [1.29, 1.82) is 5.26 Å². The van der Waals surface area contributed by atoms with Gasteiger partial charge >= 0.3 is 0 Å². The molecule has 1 aliphatic heterocycles. The number of rotatable bonds is 3. The van der Waals surface area contributed by atoms with Crippen molar-refractivity contribution >= 4 is 5.91 Å². The molecule has 1 heterocycles. The normalized spacial score (nSPS) is 18.7. The van der Waals surface area contributed by atoms with E-state index < -0.39 is 5.92 Å². The van der Waals surface area contributed by atoms with Gasteiger partial charge in [0.15, 0.2) is 0 Å². The van der Waals surface area contributed by atoms with Gasteiger partial charge in [-0.3, -0.25) is 4.79 Å². The van der Waals surface area contributed by atoms with Crippen molar-refractivity contribution in [3.8, 4) is 11.8 Å². The second-order valence-corrected chi connectivity index (χ2v) is 4.15. The maximum atomic E-state index is 11.4. The minimum Gasteiger partial charge on any atom is -0.488 e. The third-order valence-electron chi connectivity index (χ3n) is 2.80. The van der Waals surface area contributed by atoms with Gasteiger partial charge in [-0.15, -0.1) is 0 Å². The summed E-state index contributed by atoms with van der Waals surface area (Å²) in [6, 6.07) is 9.75. The molecule has 2 atom stereocenters. The number of para-hydroxylation sites is 1. The number of carbonyl (C=O) groups excluding carboxylic acids is 1. The lowest BCUT2D eigenvalue weighted by Gasteiger charge is -2.12. The van der Waals surface area contributed by atoms with Crippen LogP contribution in [0.5, 0.6) is 5.75 Å². The smallest absolute Gasteiger partial charge is 0.237 e. The van der Waals surface area contributed by atoms with E-state index in [0.717, 1.165) is 12.2 Å². The lowest BCUT2D eigenvalue weighted by atomic mass is 10.1. The number of hydrogen-bond acceptors (Lipinski definition) is 3. The average molecular weight is 230 g/mol. The van der Waals surface area contributed by atoms with Crippen LogP contribution in [0.15, 0.2) is 24.3 Å². The van der Waals surface area contributed by atoms with E-state index in [1.165, 1.54) is 5.56 Å². The van der Waals surface area contributed by atoms with Crippen LogP contribution in [-0.2, 0) is 11.2 Å². The summed E-state index contributed by atoms with van der Waals surface area (Å²) in [5.41, 5.74) is 1.17. The Balaban J connectivity index is 1.85. The van der Waals surface area contributed by atoms with E-state index in [1.54, 1.807) is 6.92 Å². The van der Waals surface area contributed by atoms with E-state index in [2.05, 4.69) is 5.32 Å². The van der Waals surface area contributed by atoms with Gasteiger partial charge < -0.3 is 10.1 Å². The van der Waals surface area contributed by atoms with Gasteiger partial charge in [0, 0.05) is 6.42 Å². The van der Waals surface area contributed by atoms with E-state index in [4.69, 9.17) is 10.00 Å². The van der Waals surface area contributed by atoms with E-state index in [9.17, 15) is 4.79 Å². The molecule has 4 heteroatoms. The maximum Gasteiger partial charge on any atom is 0.237 e. The van der Waals surface area contributed by atoms with Gasteiger partial charge in [-0.25, -0.2) is 0 Å². The van der Waals surface area contributed by atoms with Gasteiger partial charge in [-0.05, 0) is 18.6 Å². The Labute approximate surface area is 100 Å². The molecule has 0 saturated carbocycles. The average Bonchev–Trinajstić information content (AvgIpc) is 2.77. The summed E-state index contributed by atoms with van der Waals surface area (Å²) in [4.78, 5) is 11.4. The highest BCUT2D eigenvalue weighted by atomic mass is 16.5. The molecule has 0 aliphatic carbocycles.